The van der Waals surface area contributed by atoms with Gasteiger partial charge in [-0.05, 0) is 26.0 Å². The fourth-order valence-electron chi connectivity index (χ4n) is 1.17. The fraction of sp³-hybridized carbons (Fsp3) is 0.455. The lowest BCUT2D eigenvalue weighted by molar-refractivity contribution is -0.154. The number of pyridine rings is 1. The van der Waals surface area contributed by atoms with E-state index in [0.717, 1.165) is 0 Å². The lowest BCUT2D eigenvalue weighted by Gasteiger charge is -2.13. The molecule has 18 heavy (non-hydrogen) atoms. The lowest BCUT2D eigenvalue weighted by Crippen LogP contribution is -2.31. The molecule has 1 amide bonds. The lowest BCUT2D eigenvalue weighted by atomic mass is 10.2. The van der Waals surface area contributed by atoms with Crippen molar-refractivity contribution in [2.24, 2.45) is 0 Å². The number of halogens is 3. The molecule has 1 N–H and O–H groups in total. The number of ether oxygens (including phenoxy) is 1. The van der Waals surface area contributed by atoms with Crippen molar-refractivity contribution < 1.29 is 22.7 Å². The van der Waals surface area contributed by atoms with Crippen LogP contribution in [-0.2, 0) is 0 Å². The Bertz CT molecular complexity index is 419. The van der Waals surface area contributed by atoms with E-state index < -0.39 is 18.7 Å². The van der Waals surface area contributed by atoms with E-state index >= 15 is 0 Å². The molecule has 0 spiro atoms. The van der Waals surface area contributed by atoms with E-state index in [0.29, 0.717) is 0 Å². The van der Waals surface area contributed by atoms with Crippen LogP contribution in [0.25, 0.3) is 0 Å². The van der Waals surface area contributed by atoms with Crippen LogP contribution in [0, 0.1) is 0 Å². The molecule has 1 aromatic rings. The van der Waals surface area contributed by atoms with Gasteiger partial charge in [-0.25, -0.2) is 4.98 Å². The van der Waals surface area contributed by atoms with Gasteiger partial charge in [0.05, 0.1) is 0 Å². The predicted octanol–water partition coefficient (Wildman–Crippen LogP) is 2.16. The van der Waals surface area contributed by atoms with Gasteiger partial charge < -0.3 is 10.1 Å². The van der Waals surface area contributed by atoms with Crippen LogP contribution in [0.1, 0.15) is 24.2 Å². The van der Waals surface area contributed by atoms with E-state index in [1.165, 1.54) is 18.3 Å². The summed E-state index contributed by atoms with van der Waals surface area (Å²) in [4.78, 5) is 15.3. The molecule has 0 atom stereocenters. The standard InChI is InChI=1S/C11H13F3N2O2/c1-7(2)16-9(17)8-4-3-5-15-10(8)18-6-11(12,13)14/h3-5,7H,6H2,1-2H3,(H,16,17). The summed E-state index contributed by atoms with van der Waals surface area (Å²) in [6.45, 7) is 2.00. The summed E-state index contributed by atoms with van der Waals surface area (Å²) in [5.74, 6) is -0.844. The van der Waals surface area contributed by atoms with Gasteiger partial charge in [-0.1, -0.05) is 0 Å². The summed E-state index contributed by atoms with van der Waals surface area (Å²) in [7, 11) is 0. The molecule has 0 saturated heterocycles. The molecule has 0 aliphatic heterocycles. The summed E-state index contributed by atoms with van der Waals surface area (Å²) < 4.78 is 40.6. The Morgan fingerprint density at radius 3 is 2.72 bits per heavy atom. The zero-order valence-corrected chi connectivity index (χ0v) is 9.91. The third-order valence-electron chi connectivity index (χ3n) is 1.81. The van der Waals surface area contributed by atoms with Crippen LogP contribution in [0.4, 0.5) is 13.2 Å². The molecule has 1 heterocycles. The first-order chi connectivity index (χ1) is 8.29. The average Bonchev–Trinajstić information content (AvgIpc) is 2.25. The smallest absolute Gasteiger partial charge is 0.422 e. The van der Waals surface area contributed by atoms with Crippen LogP contribution in [0.15, 0.2) is 18.3 Å². The van der Waals surface area contributed by atoms with Crippen molar-refractivity contribution in [1.29, 1.82) is 0 Å². The first-order valence-corrected chi connectivity index (χ1v) is 5.25. The van der Waals surface area contributed by atoms with Crippen LogP contribution in [0.3, 0.4) is 0 Å². The largest absolute Gasteiger partial charge is 0.467 e. The number of aromatic nitrogens is 1. The van der Waals surface area contributed by atoms with Crippen LogP contribution in [-0.4, -0.2) is 29.7 Å². The maximum Gasteiger partial charge on any atom is 0.422 e. The molecule has 1 aromatic heterocycles. The van der Waals surface area contributed by atoms with Gasteiger partial charge in [0.2, 0.25) is 5.88 Å². The second-order valence-corrected chi connectivity index (χ2v) is 3.89. The van der Waals surface area contributed by atoms with Gasteiger partial charge in [-0.2, -0.15) is 13.2 Å². The highest BCUT2D eigenvalue weighted by atomic mass is 19.4. The molecule has 0 aliphatic carbocycles. The fourth-order valence-corrected chi connectivity index (χ4v) is 1.17. The number of amides is 1. The topological polar surface area (TPSA) is 51.2 Å². The number of carbonyl (C=O) groups excluding carboxylic acids is 1. The number of nitrogens with zero attached hydrogens (tertiary/aromatic N) is 1. The Labute approximate surface area is 102 Å². The molecule has 1 rings (SSSR count). The van der Waals surface area contributed by atoms with E-state index in [4.69, 9.17) is 0 Å². The van der Waals surface area contributed by atoms with Gasteiger partial charge in [0, 0.05) is 12.2 Å². The summed E-state index contributed by atoms with van der Waals surface area (Å²) >= 11 is 0. The SMILES string of the molecule is CC(C)NC(=O)c1cccnc1OCC(F)(F)F. The number of rotatable bonds is 4. The minimum absolute atomic E-state index is 0.0181. The van der Waals surface area contributed by atoms with E-state index in [1.54, 1.807) is 13.8 Å². The van der Waals surface area contributed by atoms with Crippen molar-refractivity contribution in [2.75, 3.05) is 6.61 Å². The highest BCUT2D eigenvalue weighted by molar-refractivity contribution is 5.96. The first kappa shape index (κ1) is 14.3. The van der Waals surface area contributed by atoms with Crippen molar-refractivity contribution in [1.82, 2.24) is 10.3 Å². The Morgan fingerprint density at radius 2 is 2.17 bits per heavy atom. The van der Waals surface area contributed by atoms with Gasteiger partial charge >= 0.3 is 6.18 Å². The molecule has 0 aliphatic rings. The van der Waals surface area contributed by atoms with Crippen LogP contribution in [0.2, 0.25) is 0 Å². The molecule has 7 heteroatoms. The number of hydrogen-bond acceptors (Lipinski definition) is 3. The number of nitrogens with one attached hydrogen (secondary N) is 1. The molecule has 4 nitrogen and oxygen atoms in total. The van der Waals surface area contributed by atoms with Crippen molar-refractivity contribution >= 4 is 5.91 Å². The third kappa shape index (κ3) is 4.60. The first-order valence-electron chi connectivity index (χ1n) is 5.25. The average molecular weight is 262 g/mol. The van der Waals surface area contributed by atoms with E-state index in [2.05, 4.69) is 15.0 Å². The Morgan fingerprint density at radius 1 is 1.50 bits per heavy atom. The quantitative estimate of drug-likeness (QED) is 0.904. The van der Waals surface area contributed by atoms with Crippen LogP contribution < -0.4 is 10.1 Å². The number of alkyl halides is 3. The second kappa shape index (κ2) is 5.70. The summed E-state index contributed by atoms with van der Waals surface area (Å²) in [6, 6.07) is 2.68. The van der Waals surface area contributed by atoms with E-state index in [9.17, 15) is 18.0 Å². The van der Waals surface area contributed by atoms with Gasteiger partial charge in [0.25, 0.3) is 5.91 Å². The minimum Gasteiger partial charge on any atom is -0.467 e. The zero-order valence-electron chi connectivity index (χ0n) is 9.91. The van der Waals surface area contributed by atoms with Crippen molar-refractivity contribution in [3.63, 3.8) is 0 Å². The highest BCUT2D eigenvalue weighted by Gasteiger charge is 2.29. The maximum absolute atomic E-state index is 12.0. The van der Waals surface area contributed by atoms with E-state index in [-0.39, 0.29) is 17.5 Å². The maximum atomic E-state index is 12.0. The molecule has 0 bridgehead atoms. The molecular formula is C11H13F3N2O2. The van der Waals surface area contributed by atoms with Crippen molar-refractivity contribution in [2.45, 2.75) is 26.1 Å². The molecule has 0 radical (unpaired) electrons. The minimum atomic E-state index is -4.47. The third-order valence-corrected chi connectivity index (χ3v) is 1.81. The highest BCUT2D eigenvalue weighted by Crippen LogP contribution is 2.19. The summed E-state index contributed by atoms with van der Waals surface area (Å²) in [5, 5.41) is 2.56. The van der Waals surface area contributed by atoms with Gasteiger partial charge in [0.15, 0.2) is 6.61 Å². The number of hydrogen-bond donors (Lipinski definition) is 1. The van der Waals surface area contributed by atoms with Gasteiger partial charge in [-0.15, -0.1) is 0 Å². The summed E-state index contributed by atoms with van der Waals surface area (Å²) in [5.41, 5.74) is -0.0181. The zero-order chi connectivity index (χ0) is 13.8. The Balaban J connectivity index is 2.82. The molecule has 100 valence electrons. The molecule has 0 fully saturated rings. The predicted molar refractivity (Wildman–Crippen MR) is 58.4 cm³/mol. The van der Waals surface area contributed by atoms with Crippen LogP contribution >= 0.6 is 0 Å². The molecular weight excluding hydrogens is 249 g/mol. The van der Waals surface area contributed by atoms with Gasteiger partial charge in [-0.3, -0.25) is 4.79 Å². The van der Waals surface area contributed by atoms with E-state index in [1.807, 2.05) is 0 Å². The van der Waals surface area contributed by atoms with Gasteiger partial charge in [0.1, 0.15) is 5.56 Å². The second-order valence-electron chi connectivity index (χ2n) is 3.89. The normalized spacial score (nSPS) is 11.4. The Hall–Kier alpha value is -1.79. The van der Waals surface area contributed by atoms with Crippen molar-refractivity contribution in [3.8, 4) is 5.88 Å². The van der Waals surface area contributed by atoms with Crippen molar-refractivity contribution in [3.05, 3.63) is 23.9 Å². The monoisotopic (exact) mass is 262 g/mol. The number of carbonyl (C=O) groups is 1. The molecule has 0 unspecified atom stereocenters. The van der Waals surface area contributed by atoms with Crippen LogP contribution in [0.5, 0.6) is 5.88 Å². The summed E-state index contributed by atoms with van der Waals surface area (Å²) in [6.07, 6.45) is -3.21. The Kier molecular flexibility index (Phi) is 4.52. The molecule has 0 aromatic carbocycles. The molecule has 0 saturated carbocycles.